The van der Waals surface area contributed by atoms with Crippen LogP contribution in [0, 0.1) is 0 Å². The van der Waals surface area contributed by atoms with Crippen molar-refractivity contribution < 1.29 is 22.8 Å². The minimum Gasteiger partial charge on any atom is -0.347 e. The summed E-state index contributed by atoms with van der Waals surface area (Å²) >= 11 is 0. The van der Waals surface area contributed by atoms with Crippen molar-refractivity contribution in [1.29, 1.82) is 0 Å². The Kier molecular flexibility index (Phi) is 5.79. The minimum absolute atomic E-state index is 0.223. The van der Waals surface area contributed by atoms with Gasteiger partial charge in [-0.25, -0.2) is 0 Å². The third kappa shape index (κ3) is 8.04. The number of rotatable bonds is 5. The summed E-state index contributed by atoms with van der Waals surface area (Å²) < 4.78 is 35.0. The number of nitrogens with one attached hydrogen (secondary N) is 2. The van der Waals surface area contributed by atoms with Gasteiger partial charge in [-0.1, -0.05) is 0 Å². The Bertz CT molecular complexity index is 253. The highest BCUT2D eigenvalue weighted by atomic mass is 19.4. The van der Waals surface area contributed by atoms with E-state index in [9.17, 15) is 22.8 Å². The van der Waals surface area contributed by atoms with Crippen LogP contribution in [0.2, 0.25) is 0 Å². The molecule has 2 amide bonds. The molecule has 0 saturated heterocycles. The first-order chi connectivity index (χ1) is 7.22. The molecule has 0 atom stereocenters. The van der Waals surface area contributed by atoms with E-state index in [1.54, 1.807) is 0 Å². The summed E-state index contributed by atoms with van der Waals surface area (Å²) in [6.07, 6.45) is -4.35. The highest BCUT2D eigenvalue weighted by molar-refractivity contribution is 5.85. The van der Waals surface area contributed by atoms with Crippen molar-refractivity contribution in [2.75, 3.05) is 33.7 Å². The van der Waals surface area contributed by atoms with Crippen molar-refractivity contribution in [3.05, 3.63) is 0 Å². The van der Waals surface area contributed by atoms with Gasteiger partial charge in [-0.3, -0.25) is 9.59 Å². The maximum atomic E-state index is 11.7. The monoisotopic (exact) mass is 241 g/mol. The molecular weight excluding hydrogens is 227 g/mol. The number of carbonyl (C=O) groups is 2. The van der Waals surface area contributed by atoms with Gasteiger partial charge in [-0.15, -0.1) is 0 Å². The van der Waals surface area contributed by atoms with Gasteiger partial charge < -0.3 is 15.5 Å². The van der Waals surface area contributed by atoms with E-state index in [2.05, 4.69) is 5.32 Å². The molecule has 0 fully saturated rings. The zero-order valence-corrected chi connectivity index (χ0v) is 9.02. The third-order valence-corrected chi connectivity index (χ3v) is 1.55. The number of halogens is 3. The fourth-order valence-electron chi connectivity index (χ4n) is 0.713. The van der Waals surface area contributed by atoms with Crippen molar-refractivity contribution in [1.82, 2.24) is 15.5 Å². The SMILES string of the molecule is CN(C)C(=O)CNC(=O)CNCC(F)(F)F. The van der Waals surface area contributed by atoms with E-state index >= 15 is 0 Å². The lowest BCUT2D eigenvalue weighted by Gasteiger charge is -2.11. The zero-order valence-electron chi connectivity index (χ0n) is 9.02. The maximum absolute atomic E-state index is 11.7. The molecule has 0 bridgehead atoms. The Morgan fingerprint density at radius 2 is 1.75 bits per heavy atom. The summed E-state index contributed by atoms with van der Waals surface area (Å²) in [4.78, 5) is 23.2. The van der Waals surface area contributed by atoms with Crippen molar-refractivity contribution in [3.8, 4) is 0 Å². The Labute approximate surface area is 91.0 Å². The largest absolute Gasteiger partial charge is 0.401 e. The molecule has 0 radical (unpaired) electrons. The van der Waals surface area contributed by atoms with Crippen LogP contribution in [-0.2, 0) is 9.59 Å². The molecule has 94 valence electrons. The smallest absolute Gasteiger partial charge is 0.347 e. The topological polar surface area (TPSA) is 61.4 Å². The Balaban J connectivity index is 3.64. The van der Waals surface area contributed by atoms with E-state index in [1.165, 1.54) is 19.0 Å². The lowest BCUT2D eigenvalue weighted by molar-refractivity contribution is -0.132. The molecule has 0 aromatic carbocycles. The molecule has 16 heavy (non-hydrogen) atoms. The first kappa shape index (κ1) is 14.7. The maximum Gasteiger partial charge on any atom is 0.401 e. The second kappa shape index (κ2) is 6.31. The van der Waals surface area contributed by atoms with Crippen LogP contribution in [0.4, 0.5) is 13.2 Å². The molecule has 0 aliphatic heterocycles. The molecule has 5 nitrogen and oxygen atoms in total. The lowest BCUT2D eigenvalue weighted by Crippen LogP contribution is -2.42. The van der Waals surface area contributed by atoms with Gasteiger partial charge in [0.15, 0.2) is 0 Å². The molecule has 0 aromatic rings. The minimum atomic E-state index is -4.35. The predicted octanol–water partition coefficient (Wildman–Crippen LogP) is -0.657. The van der Waals surface area contributed by atoms with E-state index in [0.29, 0.717) is 0 Å². The Morgan fingerprint density at radius 1 is 1.19 bits per heavy atom. The number of hydrogen-bond donors (Lipinski definition) is 2. The van der Waals surface area contributed by atoms with Crippen molar-refractivity contribution in [3.63, 3.8) is 0 Å². The quantitative estimate of drug-likeness (QED) is 0.672. The van der Waals surface area contributed by atoms with Gasteiger partial charge in [0.05, 0.1) is 19.6 Å². The first-order valence-corrected chi connectivity index (χ1v) is 4.46. The van der Waals surface area contributed by atoms with E-state index in [1.807, 2.05) is 5.32 Å². The standard InChI is InChI=1S/C8H14F3N3O2/c1-14(2)7(16)4-13-6(15)3-12-5-8(9,10)11/h12H,3-5H2,1-2H3,(H,13,15). The summed E-state index contributed by atoms with van der Waals surface area (Å²) in [5, 5.41) is 4.11. The molecular formula is C8H14F3N3O2. The number of amides is 2. The summed E-state index contributed by atoms with van der Waals surface area (Å²) in [6, 6.07) is 0. The molecule has 0 unspecified atom stereocenters. The van der Waals surface area contributed by atoms with E-state index in [0.717, 1.165) is 0 Å². The highest BCUT2D eigenvalue weighted by Gasteiger charge is 2.26. The normalized spacial score (nSPS) is 11.1. The second-order valence-electron chi connectivity index (χ2n) is 3.28. The van der Waals surface area contributed by atoms with Gasteiger partial charge in [0.2, 0.25) is 11.8 Å². The summed E-state index contributed by atoms with van der Waals surface area (Å²) in [5.41, 5.74) is 0. The zero-order chi connectivity index (χ0) is 12.8. The average molecular weight is 241 g/mol. The van der Waals surface area contributed by atoms with Crippen LogP contribution >= 0.6 is 0 Å². The molecule has 0 spiro atoms. The van der Waals surface area contributed by atoms with Gasteiger partial charge >= 0.3 is 6.18 Å². The van der Waals surface area contributed by atoms with Gasteiger partial charge in [0, 0.05) is 14.1 Å². The molecule has 0 heterocycles. The number of carbonyl (C=O) groups excluding carboxylic acids is 2. The van der Waals surface area contributed by atoms with E-state index in [-0.39, 0.29) is 12.5 Å². The second-order valence-corrected chi connectivity index (χ2v) is 3.28. The fourth-order valence-corrected chi connectivity index (χ4v) is 0.713. The van der Waals surface area contributed by atoms with Crippen LogP contribution in [0.25, 0.3) is 0 Å². The van der Waals surface area contributed by atoms with Gasteiger partial charge in [-0.2, -0.15) is 13.2 Å². The van der Waals surface area contributed by atoms with E-state index in [4.69, 9.17) is 0 Å². The number of alkyl halides is 3. The Morgan fingerprint density at radius 3 is 2.19 bits per heavy atom. The van der Waals surface area contributed by atoms with Crippen LogP contribution < -0.4 is 10.6 Å². The third-order valence-electron chi connectivity index (χ3n) is 1.55. The van der Waals surface area contributed by atoms with Gasteiger partial charge in [0.1, 0.15) is 0 Å². The van der Waals surface area contributed by atoms with Crippen LogP contribution in [0.1, 0.15) is 0 Å². The molecule has 0 aromatic heterocycles. The lowest BCUT2D eigenvalue weighted by atomic mass is 10.5. The van der Waals surface area contributed by atoms with Crippen molar-refractivity contribution in [2.24, 2.45) is 0 Å². The summed E-state index contributed by atoms with van der Waals surface area (Å²) in [6.45, 7) is -1.93. The highest BCUT2D eigenvalue weighted by Crippen LogP contribution is 2.11. The van der Waals surface area contributed by atoms with Crippen LogP contribution in [-0.4, -0.2) is 56.6 Å². The van der Waals surface area contributed by atoms with Crippen LogP contribution in [0.15, 0.2) is 0 Å². The summed E-state index contributed by atoms with van der Waals surface area (Å²) in [7, 11) is 3.02. The fraction of sp³-hybridized carbons (Fsp3) is 0.750. The number of nitrogens with zero attached hydrogens (tertiary/aromatic N) is 1. The Hall–Kier alpha value is -1.31. The molecule has 8 heteroatoms. The van der Waals surface area contributed by atoms with Gasteiger partial charge in [-0.05, 0) is 0 Å². The first-order valence-electron chi connectivity index (χ1n) is 4.46. The van der Waals surface area contributed by atoms with Gasteiger partial charge in [0.25, 0.3) is 0 Å². The number of likely N-dealkylation sites (N-methyl/N-ethyl adjacent to an activating group) is 1. The molecule has 0 rings (SSSR count). The predicted molar refractivity (Wildman–Crippen MR) is 50.6 cm³/mol. The molecule has 0 saturated carbocycles. The van der Waals surface area contributed by atoms with Crippen LogP contribution in [0.3, 0.4) is 0 Å². The molecule has 2 N–H and O–H groups in total. The molecule has 0 aliphatic carbocycles. The number of hydrogen-bond acceptors (Lipinski definition) is 3. The average Bonchev–Trinajstić information content (AvgIpc) is 2.11. The van der Waals surface area contributed by atoms with Crippen molar-refractivity contribution in [2.45, 2.75) is 6.18 Å². The van der Waals surface area contributed by atoms with Crippen LogP contribution in [0.5, 0.6) is 0 Å². The summed E-state index contributed by atoms with van der Waals surface area (Å²) in [5.74, 6) is -0.983. The van der Waals surface area contributed by atoms with Crippen molar-refractivity contribution >= 4 is 11.8 Å². The van der Waals surface area contributed by atoms with E-state index < -0.39 is 25.2 Å². The molecule has 0 aliphatic rings.